The number of hydrogen-bond donors (Lipinski definition) is 2. The first-order chi connectivity index (χ1) is 11.3. The molecule has 2 rings (SSSR count). The van der Waals surface area contributed by atoms with Gasteiger partial charge in [0.2, 0.25) is 5.91 Å². The average Bonchev–Trinajstić information content (AvgIpc) is 2.52. The highest BCUT2D eigenvalue weighted by atomic mass is 16.5. The molecule has 0 unspecified atom stereocenters. The number of nitrogens with zero attached hydrogens (tertiary/aromatic N) is 3. The van der Waals surface area contributed by atoms with Gasteiger partial charge in [-0.3, -0.25) is 14.2 Å². The average molecular weight is 334 g/mol. The molecular weight excluding hydrogens is 316 g/mol. The summed E-state index contributed by atoms with van der Waals surface area (Å²) in [5, 5.41) is 13.5. The maximum absolute atomic E-state index is 12.5. The molecule has 0 aliphatic rings. The van der Waals surface area contributed by atoms with E-state index in [1.165, 1.54) is 13.2 Å². The summed E-state index contributed by atoms with van der Waals surface area (Å²) in [6.07, 6.45) is -0.0551. The molecule has 1 amide bonds. The second kappa shape index (κ2) is 7.20. The van der Waals surface area contributed by atoms with Gasteiger partial charge in [-0.2, -0.15) is 9.78 Å². The Balaban J connectivity index is 2.53. The third kappa shape index (κ3) is 3.58. The molecule has 9 heteroatoms. The number of hydrogen-bond acceptors (Lipinski definition) is 6. The summed E-state index contributed by atoms with van der Waals surface area (Å²) >= 11 is 0. The first-order valence-corrected chi connectivity index (χ1v) is 7.12. The van der Waals surface area contributed by atoms with Gasteiger partial charge in [-0.1, -0.05) is 6.07 Å². The van der Waals surface area contributed by atoms with E-state index in [1.54, 1.807) is 19.1 Å². The zero-order chi connectivity index (χ0) is 17.9. The summed E-state index contributed by atoms with van der Waals surface area (Å²) in [6, 6.07) is 4.63. The Morgan fingerprint density at radius 2 is 2.12 bits per heavy atom. The topological polar surface area (TPSA) is 129 Å². The Kier molecular flexibility index (Phi) is 5.27. The lowest BCUT2D eigenvalue weighted by molar-refractivity contribution is 0.0519. The molecule has 1 aromatic heterocycles. The van der Waals surface area contributed by atoms with Crippen LogP contribution in [0.25, 0.3) is 5.69 Å². The van der Waals surface area contributed by atoms with Crippen LogP contribution < -0.4 is 17.0 Å². The van der Waals surface area contributed by atoms with Crippen LogP contribution in [-0.4, -0.2) is 45.2 Å². The van der Waals surface area contributed by atoms with Crippen molar-refractivity contribution in [2.75, 3.05) is 13.7 Å². The number of aryl methyl sites for hydroxylation is 1. The van der Waals surface area contributed by atoms with Gasteiger partial charge in [-0.15, -0.1) is 0 Å². The van der Waals surface area contributed by atoms with Crippen LogP contribution in [-0.2, 0) is 11.3 Å². The fraction of sp³-hybridized carbons (Fsp3) is 0.333. The number of rotatable bonds is 6. The number of carbonyl (C=O) groups excluding carboxylic acids is 1. The van der Waals surface area contributed by atoms with Crippen LogP contribution in [0, 0.1) is 6.92 Å². The number of carbonyl (C=O) groups is 1. The summed E-state index contributed by atoms with van der Waals surface area (Å²) in [5.41, 5.74) is 5.11. The van der Waals surface area contributed by atoms with Crippen molar-refractivity contribution in [2.45, 2.75) is 19.6 Å². The van der Waals surface area contributed by atoms with Crippen molar-refractivity contribution in [3.05, 3.63) is 56.4 Å². The van der Waals surface area contributed by atoms with Gasteiger partial charge in [0.15, 0.2) is 0 Å². The molecule has 0 spiro atoms. The maximum Gasteiger partial charge on any atom is 0.352 e. The van der Waals surface area contributed by atoms with Crippen molar-refractivity contribution in [1.29, 1.82) is 0 Å². The zero-order valence-electron chi connectivity index (χ0n) is 13.3. The first-order valence-electron chi connectivity index (χ1n) is 7.12. The number of primary amides is 1. The van der Waals surface area contributed by atoms with E-state index in [2.05, 4.69) is 5.10 Å². The highest BCUT2D eigenvalue weighted by Crippen LogP contribution is 2.12. The van der Waals surface area contributed by atoms with Crippen molar-refractivity contribution >= 4 is 5.91 Å². The minimum atomic E-state index is -1.02. The minimum absolute atomic E-state index is 0.0233. The molecule has 9 nitrogen and oxygen atoms in total. The predicted molar refractivity (Wildman–Crippen MR) is 85.2 cm³/mol. The predicted octanol–water partition coefficient (Wildman–Crippen LogP) is -1.19. The van der Waals surface area contributed by atoms with Crippen molar-refractivity contribution in [1.82, 2.24) is 14.3 Å². The van der Waals surface area contributed by atoms with E-state index in [9.17, 15) is 19.5 Å². The standard InChI is InChI=1S/C15H18N4O5/c1-9-3-4-10(5-12(9)14(16)22)19-15(23)18(13(21)6-17-19)7-11(20)8-24-2/h3-6,11,20H,7-8H2,1-2H3,(H2,16,22)/t11-/m1/s1. The van der Waals surface area contributed by atoms with Gasteiger partial charge in [0.25, 0.3) is 5.56 Å². The normalized spacial score (nSPS) is 12.1. The number of aromatic nitrogens is 3. The van der Waals surface area contributed by atoms with Crippen LogP contribution in [0.1, 0.15) is 15.9 Å². The Labute approximate surface area is 136 Å². The van der Waals surface area contributed by atoms with Crippen molar-refractivity contribution in [2.24, 2.45) is 5.73 Å². The Morgan fingerprint density at radius 3 is 2.75 bits per heavy atom. The molecule has 128 valence electrons. The summed E-state index contributed by atoms with van der Waals surface area (Å²) in [6.45, 7) is 1.45. The smallest absolute Gasteiger partial charge is 0.352 e. The van der Waals surface area contributed by atoms with Gasteiger partial charge in [0, 0.05) is 12.7 Å². The summed E-state index contributed by atoms with van der Waals surface area (Å²) in [4.78, 5) is 35.8. The molecule has 0 bridgehead atoms. The zero-order valence-corrected chi connectivity index (χ0v) is 13.3. The molecule has 1 heterocycles. The van der Waals surface area contributed by atoms with Crippen LogP contribution >= 0.6 is 0 Å². The second-order valence-electron chi connectivity index (χ2n) is 5.26. The molecule has 24 heavy (non-hydrogen) atoms. The molecule has 0 saturated heterocycles. The Morgan fingerprint density at radius 1 is 1.42 bits per heavy atom. The lowest BCUT2D eigenvalue weighted by Crippen LogP contribution is -2.43. The molecule has 1 atom stereocenters. The summed E-state index contributed by atoms with van der Waals surface area (Å²) in [7, 11) is 1.40. The number of ether oxygens (including phenoxy) is 1. The van der Waals surface area contributed by atoms with Gasteiger partial charge < -0.3 is 15.6 Å². The van der Waals surface area contributed by atoms with E-state index in [0.29, 0.717) is 5.56 Å². The minimum Gasteiger partial charge on any atom is -0.389 e. The number of aliphatic hydroxyl groups is 1. The number of aliphatic hydroxyl groups excluding tert-OH is 1. The fourth-order valence-corrected chi connectivity index (χ4v) is 2.24. The third-order valence-corrected chi connectivity index (χ3v) is 3.45. The molecule has 3 N–H and O–H groups in total. The molecular formula is C15H18N4O5. The van der Waals surface area contributed by atoms with Crippen molar-refractivity contribution < 1.29 is 14.6 Å². The Bertz CT molecular complexity index is 871. The highest BCUT2D eigenvalue weighted by Gasteiger charge is 2.14. The van der Waals surface area contributed by atoms with E-state index >= 15 is 0 Å². The molecule has 1 aromatic carbocycles. The van der Waals surface area contributed by atoms with Gasteiger partial charge in [-0.05, 0) is 24.6 Å². The number of methoxy groups -OCH3 is 1. The third-order valence-electron chi connectivity index (χ3n) is 3.45. The van der Waals surface area contributed by atoms with E-state index in [-0.39, 0.29) is 24.4 Å². The Hall–Kier alpha value is -2.78. The number of nitrogens with two attached hydrogens (primary N) is 1. The molecule has 0 aliphatic heterocycles. The van der Waals surface area contributed by atoms with Crippen molar-refractivity contribution in [3.63, 3.8) is 0 Å². The highest BCUT2D eigenvalue weighted by molar-refractivity contribution is 5.94. The summed E-state index contributed by atoms with van der Waals surface area (Å²) < 4.78 is 6.60. The van der Waals surface area contributed by atoms with Crippen LogP contribution in [0.3, 0.4) is 0 Å². The first kappa shape index (κ1) is 17.6. The van der Waals surface area contributed by atoms with Crippen LogP contribution in [0.5, 0.6) is 0 Å². The largest absolute Gasteiger partial charge is 0.389 e. The molecule has 2 aromatic rings. The molecule has 0 radical (unpaired) electrons. The molecule has 0 aliphatic carbocycles. The number of amides is 1. The van der Waals surface area contributed by atoms with E-state index in [4.69, 9.17) is 10.5 Å². The van der Waals surface area contributed by atoms with Crippen LogP contribution in [0.4, 0.5) is 0 Å². The van der Waals surface area contributed by atoms with Crippen molar-refractivity contribution in [3.8, 4) is 5.69 Å². The van der Waals surface area contributed by atoms with Crippen LogP contribution in [0.15, 0.2) is 34.0 Å². The van der Waals surface area contributed by atoms with Gasteiger partial charge in [-0.25, -0.2) is 4.79 Å². The lowest BCUT2D eigenvalue weighted by Gasteiger charge is -2.13. The SMILES string of the molecule is COC[C@H](O)Cn1c(=O)cnn(-c2ccc(C)c(C(N)=O)c2)c1=O. The molecule has 0 saturated carbocycles. The van der Waals surface area contributed by atoms with Gasteiger partial charge in [0.05, 0.1) is 24.9 Å². The maximum atomic E-state index is 12.5. The van der Waals surface area contributed by atoms with E-state index in [0.717, 1.165) is 15.4 Å². The molecule has 0 fully saturated rings. The van der Waals surface area contributed by atoms with E-state index in [1.807, 2.05) is 0 Å². The quantitative estimate of drug-likeness (QED) is 0.683. The van der Waals surface area contributed by atoms with Gasteiger partial charge >= 0.3 is 5.69 Å². The van der Waals surface area contributed by atoms with Crippen LogP contribution in [0.2, 0.25) is 0 Å². The fourth-order valence-electron chi connectivity index (χ4n) is 2.24. The summed E-state index contributed by atoms with van der Waals surface area (Å²) in [5.74, 6) is -0.633. The second-order valence-corrected chi connectivity index (χ2v) is 5.26. The lowest BCUT2D eigenvalue weighted by atomic mass is 10.1. The number of benzene rings is 1. The monoisotopic (exact) mass is 334 g/mol. The van der Waals surface area contributed by atoms with E-state index < -0.39 is 23.3 Å². The van der Waals surface area contributed by atoms with Gasteiger partial charge in [0.1, 0.15) is 6.20 Å².